The second-order valence-electron chi connectivity index (χ2n) is 4.39. The van der Waals surface area contributed by atoms with Gasteiger partial charge in [0, 0.05) is 0 Å². The Morgan fingerprint density at radius 2 is 1.72 bits per heavy atom. The molecule has 0 aromatic heterocycles. The number of hydrogen-bond acceptors (Lipinski definition) is 2. The van der Waals surface area contributed by atoms with E-state index in [0.29, 0.717) is 0 Å². The van der Waals surface area contributed by atoms with Crippen LogP contribution in [0.25, 0.3) is 11.1 Å². The van der Waals surface area contributed by atoms with Crippen LogP contribution in [0.2, 0.25) is 0 Å². The molecule has 2 N–H and O–H groups in total. The van der Waals surface area contributed by atoms with Crippen molar-refractivity contribution in [1.82, 2.24) is 0 Å². The number of benzene rings is 2. The molecule has 0 amide bonds. The van der Waals surface area contributed by atoms with Crippen LogP contribution in [0.1, 0.15) is 21.5 Å². The van der Waals surface area contributed by atoms with Crippen molar-refractivity contribution >= 4 is 5.97 Å². The van der Waals surface area contributed by atoms with Crippen LogP contribution in [0, 0.1) is 13.8 Å². The lowest BCUT2D eigenvalue weighted by atomic mass is 9.98. The Labute approximate surface area is 105 Å². The average molecular weight is 242 g/mol. The van der Waals surface area contributed by atoms with E-state index in [9.17, 15) is 9.90 Å². The minimum Gasteiger partial charge on any atom is -0.508 e. The standard InChI is InChI=1S/C15H14O3/c1-9-5-12(7-13(16)6-9)11-4-3-10(2)14(8-11)15(17)18/h3-8,16H,1-2H3,(H,17,18). The van der Waals surface area contributed by atoms with Crippen LogP contribution in [0.15, 0.2) is 36.4 Å². The van der Waals surface area contributed by atoms with E-state index in [-0.39, 0.29) is 11.3 Å². The monoisotopic (exact) mass is 242 g/mol. The number of aromatic carboxylic acids is 1. The second kappa shape index (κ2) is 4.53. The molecule has 18 heavy (non-hydrogen) atoms. The number of carbonyl (C=O) groups is 1. The molecule has 0 bridgehead atoms. The van der Waals surface area contributed by atoms with Crippen LogP contribution in [-0.4, -0.2) is 16.2 Å². The Morgan fingerprint density at radius 1 is 1.00 bits per heavy atom. The minimum absolute atomic E-state index is 0.183. The van der Waals surface area contributed by atoms with Crippen molar-refractivity contribution in [2.24, 2.45) is 0 Å². The van der Waals surface area contributed by atoms with Gasteiger partial charge in [-0.2, -0.15) is 0 Å². The topological polar surface area (TPSA) is 57.5 Å². The first-order valence-electron chi connectivity index (χ1n) is 5.62. The molecular weight excluding hydrogens is 228 g/mol. The highest BCUT2D eigenvalue weighted by Crippen LogP contribution is 2.27. The van der Waals surface area contributed by atoms with Gasteiger partial charge in [0.25, 0.3) is 0 Å². The summed E-state index contributed by atoms with van der Waals surface area (Å²) in [5.74, 6) is -0.756. The number of aromatic hydroxyl groups is 1. The molecule has 0 unspecified atom stereocenters. The maximum atomic E-state index is 11.1. The molecule has 3 heteroatoms. The van der Waals surface area contributed by atoms with Crippen molar-refractivity contribution in [3.63, 3.8) is 0 Å². The number of carboxylic acid groups (broad SMARTS) is 1. The number of carboxylic acids is 1. The van der Waals surface area contributed by atoms with Gasteiger partial charge >= 0.3 is 5.97 Å². The molecular formula is C15H14O3. The van der Waals surface area contributed by atoms with E-state index < -0.39 is 5.97 Å². The average Bonchev–Trinajstić information content (AvgIpc) is 2.27. The Morgan fingerprint density at radius 3 is 2.33 bits per heavy atom. The smallest absolute Gasteiger partial charge is 0.335 e. The Kier molecular flexibility index (Phi) is 3.06. The summed E-state index contributed by atoms with van der Waals surface area (Å²) in [7, 11) is 0. The summed E-state index contributed by atoms with van der Waals surface area (Å²) < 4.78 is 0. The van der Waals surface area contributed by atoms with E-state index in [1.54, 1.807) is 31.2 Å². The SMILES string of the molecule is Cc1cc(O)cc(-c2ccc(C)c(C(=O)O)c2)c1. The molecule has 0 aliphatic carbocycles. The van der Waals surface area contributed by atoms with E-state index in [1.807, 2.05) is 19.1 Å². The van der Waals surface area contributed by atoms with Crippen molar-refractivity contribution in [1.29, 1.82) is 0 Å². The molecule has 2 rings (SSSR count). The van der Waals surface area contributed by atoms with E-state index in [4.69, 9.17) is 5.11 Å². The first-order valence-corrected chi connectivity index (χ1v) is 5.62. The first kappa shape index (κ1) is 12.2. The first-order chi connectivity index (χ1) is 8.47. The van der Waals surface area contributed by atoms with Gasteiger partial charge in [0.1, 0.15) is 5.75 Å². The highest BCUT2D eigenvalue weighted by Gasteiger charge is 2.09. The fourth-order valence-corrected chi connectivity index (χ4v) is 1.96. The van der Waals surface area contributed by atoms with Gasteiger partial charge in [0.2, 0.25) is 0 Å². The number of hydrogen-bond donors (Lipinski definition) is 2. The van der Waals surface area contributed by atoms with Gasteiger partial charge in [0.05, 0.1) is 5.56 Å². The quantitative estimate of drug-likeness (QED) is 0.848. The van der Waals surface area contributed by atoms with Crippen LogP contribution in [0.4, 0.5) is 0 Å². The molecule has 0 radical (unpaired) electrons. The number of rotatable bonds is 2. The summed E-state index contributed by atoms with van der Waals surface area (Å²) in [6, 6.07) is 10.5. The summed E-state index contributed by atoms with van der Waals surface area (Å²) >= 11 is 0. The van der Waals surface area contributed by atoms with Crippen LogP contribution in [0.3, 0.4) is 0 Å². The molecule has 0 spiro atoms. The summed E-state index contributed by atoms with van der Waals surface area (Å²) in [5, 5.41) is 18.7. The number of phenolic OH excluding ortho intramolecular Hbond substituents is 1. The van der Waals surface area contributed by atoms with Crippen LogP contribution in [-0.2, 0) is 0 Å². The number of phenols is 1. The third kappa shape index (κ3) is 2.35. The van der Waals surface area contributed by atoms with Crippen LogP contribution in [0.5, 0.6) is 5.75 Å². The molecule has 2 aromatic carbocycles. The van der Waals surface area contributed by atoms with Crippen molar-refractivity contribution in [3.05, 3.63) is 53.1 Å². The fraction of sp³-hybridized carbons (Fsp3) is 0.133. The minimum atomic E-state index is -0.939. The normalized spacial score (nSPS) is 10.3. The van der Waals surface area contributed by atoms with Crippen molar-refractivity contribution in [2.75, 3.05) is 0 Å². The van der Waals surface area contributed by atoms with Crippen molar-refractivity contribution in [2.45, 2.75) is 13.8 Å². The zero-order valence-corrected chi connectivity index (χ0v) is 10.3. The third-order valence-corrected chi connectivity index (χ3v) is 2.86. The maximum Gasteiger partial charge on any atom is 0.335 e. The van der Waals surface area contributed by atoms with Gasteiger partial charge in [-0.1, -0.05) is 18.2 Å². The van der Waals surface area contributed by atoms with Crippen molar-refractivity contribution < 1.29 is 15.0 Å². The predicted molar refractivity (Wildman–Crippen MR) is 70.0 cm³/mol. The lowest BCUT2D eigenvalue weighted by Crippen LogP contribution is -1.99. The molecule has 0 saturated carbocycles. The highest BCUT2D eigenvalue weighted by molar-refractivity contribution is 5.91. The molecule has 0 atom stereocenters. The van der Waals surface area contributed by atoms with Gasteiger partial charge in [-0.05, 0) is 54.3 Å². The zero-order chi connectivity index (χ0) is 13.3. The predicted octanol–water partition coefficient (Wildman–Crippen LogP) is 3.37. The molecule has 3 nitrogen and oxygen atoms in total. The molecule has 0 heterocycles. The maximum absolute atomic E-state index is 11.1. The van der Waals surface area contributed by atoms with Crippen LogP contribution < -0.4 is 0 Å². The van der Waals surface area contributed by atoms with Crippen LogP contribution >= 0.6 is 0 Å². The third-order valence-electron chi connectivity index (χ3n) is 2.86. The molecule has 0 aliphatic rings. The summed E-state index contributed by atoms with van der Waals surface area (Å²) in [4.78, 5) is 11.1. The van der Waals surface area contributed by atoms with E-state index in [0.717, 1.165) is 22.3 Å². The van der Waals surface area contributed by atoms with E-state index >= 15 is 0 Å². The molecule has 0 fully saturated rings. The summed E-state index contributed by atoms with van der Waals surface area (Å²) in [6.07, 6.45) is 0. The molecule has 92 valence electrons. The van der Waals surface area contributed by atoms with Gasteiger partial charge in [-0.25, -0.2) is 4.79 Å². The second-order valence-corrected chi connectivity index (χ2v) is 4.39. The lowest BCUT2D eigenvalue weighted by molar-refractivity contribution is 0.0696. The van der Waals surface area contributed by atoms with Gasteiger partial charge in [-0.3, -0.25) is 0 Å². The molecule has 2 aromatic rings. The summed E-state index contributed by atoms with van der Waals surface area (Å²) in [5.41, 5.74) is 3.55. The Hall–Kier alpha value is -2.29. The summed E-state index contributed by atoms with van der Waals surface area (Å²) in [6.45, 7) is 3.65. The largest absolute Gasteiger partial charge is 0.508 e. The van der Waals surface area contributed by atoms with Gasteiger partial charge in [0.15, 0.2) is 0 Å². The molecule has 0 saturated heterocycles. The Balaban J connectivity index is 2.57. The lowest BCUT2D eigenvalue weighted by Gasteiger charge is -2.07. The fourth-order valence-electron chi connectivity index (χ4n) is 1.96. The molecule has 0 aliphatic heterocycles. The van der Waals surface area contributed by atoms with Gasteiger partial charge in [-0.15, -0.1) is 0 Å². The van der Waals surface area contributed by atoms with Crippen molar-refractivity contribution in [3.8, 4) is 16.9 Å². The zero-order valence-electron chi connectivity index (χ0n) is 10.3. The number of aryl methyl sites for hydroxylation is 2. The Bertz CT molecular complexity index is 595. The highest BCUT2D eigenvalue weighted by atomic mass is 16.4. The van der Waals surface area contributed by atoms with Gasteiger partial charge < -0.3 is 10.2 Å². The van der Waals surface area contributed by atoms with E-state index in [1.165, 1.54) is 0 Å². The van der Waals surface area contributed by atoms with E-state index in [2.05, 4.69) is 0 Å².